The number of benzene rings is 1. The highest BCUT2D eigenvalue weighted by atomic mass is 19.1. The number of rotatable bonds is 5. The number of nitrogens with zero attached hydrogens (tertiary/aromatic N) is 1. The number of hydrogen-bond donors (Lipinski definition) is 1. The van der Waals surface area contributed by atoms with E-state index >= 15 is 0 Å². The summed E-state index contributed by atoms with van der Waals surface area (Å²) in [6, 6.07) is 6.78. The van der Waals surface area contributed by atoms with Crippen LogP contribution in [0.1, 0.15) is 39.3 Å². The molecule has 7 heteroatoms. The van der Waals surface area contributed by atoms with Crippen LogP contribution in [0, 0.1) is 5.82 Å². The Kier molecular flexibility index (Phi) is 5.27. The molecule has 1 amide bonds. The van der Waals surface area contributed by atoms with Crippen molar-refractivity contribution in [2.24, 2.45) is 0 Å². The van der Waals surface area contributed by atoms with Crippen molar-refractivity contribution in [1.29, 1.82) is 0 Å². The average Bonchev–Trinajstić information content (AvgIpc) is 2.63. The highest BCUT2D eigenvalue weighted by Gasteiger charge is 2.26. The molecule has 0 fully saturated rings. The lowest BCUT2D eigenvalue weighted by molar-refractivity contribution is 0.0935. The van der Waals surface area contributed by atoms with Crippen LogP contribution in [0.5, 0.6) is 0 Å². The molecule has 2 aromatic rings. The number of ketones is 1. The van der Waals surface area contributed by atoms with Crippen LogP contribution in [0.4, 0.5) is 4.39 Å². The number of carbonyl (C=O) groups is 2. The first-order valence-electron chi connectivity index (χ1n) is 8.38. The van der Waals surface area contributed by atoms with Crippen molar-refractivity contribution in [2.45, 2.75) is 19.3 Å². The molecule has 1 aromatic heterocycles. The third-order valence-electron chi connectivity index (χ3n) is 4.34. The van der Waals surface area contributed by atoms with Crippen molar-refractivity contribution in [3.05, 3.63) is 63.3 Å². The molecule has 0 atom stereocenters. The number of pyridine rings is 1. The third kappa shape index (κ3) is 3.43. The van der Waals surface area contributed by atoms with Gasteiger partial charge in [-0.3, -0.25) is 19.0 Å². The molecule has 136 valence electrons. The molecule has 6 nitrogen and oxygen atoms in total. The van der Waals surface area contributed by atoms with Gasteiger partial charge in [-0.1, -0.05) is 0 Å². The van der Waals surface area contributed by atoms with E-state index in [-0.39, 0.29) is 17.9 Å². The van der Waals surface area contributed by atoms with Gasteiger partial charge in [-0.2, -0.15) is 0 Å². The zero-order valence-electron chi connectivity index (χ0n) is 14.4. The molecule has 1 aliphatic carbocycles. The van der Waals surface area contributed by atoms with Gasteiger partial charge in [-0.25, -0.2) is 4.39 Å². The van der Waals surface area contributed by atoms with Crippen molar-refractivity contribution < 1.29 is 18.7 Å². The number of halogens is 1. The Morgan fingerprint density at radius 2 is 1.96 bits per heavy atom. The molecule has 0 spiro atoms. The molecule has 1 N–H and O–H groups in total. The van der Waals surface area contributed by atoms with E-state index in [0.29, 0.717) is 42.8 Å². The van der Waals surface area contributed by atoms with Crippen LogP contribution in [0.25, 0.3) is 5.69 Å². The molecule has 1 aliphatic rings. The Labute approximate surface area is 149 Å². The van der Waals surface area contributed by atoms with E-state index in [4.69, 9.17) is 4.74 Å². The number of amides is 1. The van der Waals surface area contributed by atoms with E-state index in [1.54, 1.807) is 0 Å². The van der Waals surface area contributed by atoms with Crippen LogP contribution in [0.3, 0.4) is 0 Å². The topological polar surface area (TPSA) is 77.4 Å². The average molecular weight is 358 g/mol. The monoisotopic (exact) mass is 358 g/mol. The van der Waals surface area contributed by atoms with E-state index in [1.807, 2.05) is 0 Å². The van der Waals surface area contributed by atoms with Crippen molar-refractivity contribution in [2.75, 3.05) is 20.3 Å². The summed E-state index contributed by atoms with van der Waals surface area (Å²) in [6.45, 7) is 0.554. The fraction of sp³-hybridized carbons (Fsp3) is 0.316. The summed E-state index contributed by atoms with van der Waals surface area (Å²) in [5.74, 6) is -1.10. The molecular weight excluding hydrogens is 339 g/mol. The van der Waals surface area contributed by atoms with E-state index in [1.165, 1.54) is 42.0 Å². The zero-order chi connectivity index (χ0) is 18.7. The molecule has 0 saturated heterocycles. The summed E-state index contributed by atoms with van der Waals surface area (Å²) < 4.78 is 19.5. The second-order valence-electron chi connectivity index (χ2n) is 6.06. The smallest absolute Gasteiger partial charge is 0.268 e. The summed E-state index contributed by atoms with van der Waals surface area (Å²) in [5.41, 5.74) is 0.719. The fourth-order valence-corrected chi connectivity index (χ4v) is 3.08. The van der Waals surface area contributed by atoms with Gasteiger partial charge in [0.05, 0.1) is 6.61 Å². The summed E-state index contributed by atoms with van der Waals surface area (Å²) in [7, 11) is 1.51. The van der Waals surface area contributed by atoms with Gasteiger partial charge in [0.2, 0.25) is 0 Å². The summed E-state index contributed by atoms with van der Waals surface area (Å²) >= 11 is 0. The standard InChI is InChI=1S/C19H19FN2O4/c1-26-10-9-21-18(24)15-11-14-16(3-2-4-17(14)23)22(19(15)25)13-7-5-12(20)6-8-13/h5-8,11H,2-4,9-10H2,1H3,(H,21,24). The van der Waals surface area contributed by atoms with Gasteiger partial charge >= 0.3 is 0 Å². The van der Waals surface area contributed by atoms with E-state index in [2.05, 4.69) is 5.32 Å². The minimum Gasteiger partial charge on any atom is -0.383 e. The molecule has 0 unspecified atom stereocenters. The first-order valence-corrected chi connectivity index (χ1v) is 8.38. The lowest BCUT2D eigenvalue weighted by Crippen LogP contribution is -2.37. The Morgan fingerprint density at radius 1 is 1.23 bits per heavy atom. The second-order valence-corrected chi connectivity index (χ2v) is 6.06. The van der Waals surface area contributed by atoms with Crippen molar-refractivity contribution >= 4 is 11.7 Å². The normalized spacial score (nSPS) is 13.4. The summed E-state index contributed by atoms with van der Waals surface area (Å²) in [4.78, 5) is 37.7. The van der Waals surface area contributed by atoms with Gasteiger partial charge in [0.25, 0.3) is 11.5 Å². The number of nitrogens with one attached hydrogen (secondary N) is 1. The van der Waals surface area contributed by atoms with E-state index < -0.39 is 17.3 Å². The van der Waals surface area contributed by atoms with Crippen LogP contribution in [-0.4, -0.2) is 36.5 Å². The molecule has 0 radical (unpaired) electrons. The van der Waals surface area contributed by atoms with Gasteiger partial charge in [0, 0.05) is 37.0 Å². The second kappa shape index (κ2) is 7.61. The first kappa shape index (κ1) is 18.0. The molecule has 0 bridgehead atoms. The number of methoxy groups -OCH3 is 1. The van der Waals surface area contributed by atoms with Crippen molar-refractivity contribution in [3.63, 3.8) is 0 Å². The van der Waals surface area contributed by atoms with Crippen molar-refractivity contribution in [3.8, 4) is 5.69 Å². The SMILES string of the molecule is COCCNC(=O)c1cc2c(n(-c3ccc(F)cc3)c1=O)CCCC2=O. The van der Waals surface area contributed by atoms with Crippen LogP contribution < -0.4 is 10.9 Å². The summed E-state index contributed by atoms with van der Waals surface area (Å²) in [5, 5.41) is 2.60. The van der Waals surface area contributed by atoms with Crippen molar-refractivity contribution in [1.82, 2.24) is 9.88 Å². The van der Waals surface area contributed by atoms with Gasteiger partial charge in [-0.15, -0.1) is 0 Å². The Balaban J connectivity index is 2.15. The Bertz CT molecular complexity index is 903. The molecule has 3 rings (SSSR count). The van der Waals surface area contributed by atoms with Gasteiger partial charge < -0.3 is 10.1 Å². The number of carbonyl (C=O) groups excluding carboxylic acids is 2. The largest absolute Gasteiger partial charge is 0.383 e. The van der Waals surface area contributed by atoms with Crippen LogP contribution in [-0.2, 0) is 11.2 Å². The lowest BCUT2D eigenvalue weighted by atomic mass is 9.92. The minimum atomic E-state index is -0.566. The zero-order valence-corrected chi connectivity index (χ0v) is 14.4. The van der Waals surface area contributed by atoms with Crippen LogP contribution in [0.15, 0.2) is 35.1 Å². The van der Waals surface area contributed by atoms with Crippen LogP contribution in [0.2, 0.25) is 0 Å². The number of aromatic nitrogens is 1. The predicted octanol–water partition coefficient (Wildman–Crippen LogP) is 1.87. The van der Waals surface area contributed by atoms with Crippen LogP contribution >= 0.6 is 0 Å². The highest BCUT2D eigenvalue weighted by molar-refractivity contribution is 6.01. The number of fused-ring (bicyclic) bond motifs is 1. The maximum Gasteiger partial charge on any atom is 0.268 e. The van der Waals surface area contributed by atoms with Gasteiger partial charge in [0.1, 0.15) is 11.4 Å². The lowest BCUT2D eigenvalue weighted by Gasteiger charge is -2.21. The quantitative estimate of drug-likeness (QED) is 0.828. The Morgan fingerprint density at radius 3 is 2.65 bits per heavy atom. The van der Waals surface area contributed by atoms with E-state index in [9.17, 15) is 18.8 Å². The molecule has 1 aromatic carbocycles. The Hall–Kier alpha value is -2.80. The number of Topliss-reactive ketones (excluding diaryl/α,β-unsaturated/α-hetero) is 1. The highest BCUT2D eigenvalue weighted by Crippen LogP contribution is 2.23. The number of ether oxygens (including phenoxy) is 1. The van der Waals surface area contributed by atoms with E-state index in [0.717, 1.165) is 0 Å². The molecule has 1 heterocycles. The van der Waals surface area contributed by atoms with Gasteiger partial charge in [0.15, 0.2) is 5.78 Å². The maximum absolute atomic E-state index is 13.3. The molecule has 0 aliphatic heterocycles. The fourth-order valence-electron chi connectivity index (χ4n) is 3.08. The first-order chi connectivity index (χ1) is 12.5. The predicted molar refractivity (Wildman–Crippen MR) is 93.5 cm³/mol. The molecular formula is C19H19FN2O4. The third-order valence-corrected chi connectivity index (χ3v) is 4.34. The minimum absolute atomic E-state index is 0.104. The van der Waals surface area contributed by atoms with Gasteiger partial charge in [-0.05, 0) is 43.2 Å². The molecule has 0 saturated carbocycles. The maximum atomic E-state index is 13.3. The molecule has 26 heavy (non-hydrogen) atoms. The summed E-state index contributed by atoms with van der Waals surface area (Å²) in [6.07, 6.45) is 1.55. The number of hydrogen-bond acceptors (Lipinski definition) is 4.